The van der Waals surface area contributed by atoms with E-state index >= 15 is 0 Å². The molecule has 2 aromatic rings. The van der Waals surface area contributed by atoms with Gasteiger partial charge in [-0.3, -0.25) is 9.59 Å². The molecule has 7 heteroatoms. The fraction of sp³-hybridized carbons (Fsp3) is 0.333. The lowest BCUT2D eigenvalue weighted by molar-refractivity contribution is 0.0809. The van der Waals surface area contributed by atoms with Crippen molar-refractivity contribution in [2.75, 3.05) is 5.32 Å². The topological polar surface area (TPSA) is 83.6 Å². The Bertz CT molecular complexity index is 1060. The minimum absolute atomic E-state index is 0.0690. The third kappa shape index (κ3) is 3.09. The normalized spacial score (nSPS) is 18.8. The van der Waals surface area contributed by atoms with E-state index in [1.165, 1.54) is 18.2 Å². The Hall–Kier alpha value is -2.67. The van der Waals surface area contributed by atoms with Crippen LogP contribution in [0.5, 0.6) is 0 Å². The van der Waals surface area contributed by atoms with Gasteiger partial charge in [-0.05, 0) is 49.6 Å². The zero-order valence-electron chi connectivity index (χ0n) is 15.6. The van der Waals surface area contributed by atoms with E-state index in [2.05, 4.69) is 5.32 Å². The van der Waals surface area contributed by atoms with Crippen molar-refractivity contribution in [3.8, 4) is 0 Å². The van der Waals surface area contributed by atoms with Crippen LogP contribution in [0.1, 0.15) is 58.4 Å². The van der Waals surface area contributed by atoms with Crippen molar-refractivity contribution in [2.24, 2.45) is 0 Å². The maximum atomic E-state index is 13.1. The average Bonchev–Trinajstić information content (AvgIpc) is 2.89. The second kappa shape index (κ2) is 7.05. The van der Waals surface area contributed by atoms with Crippen LogP contribution in [0.2, 0.25) is 0 Å². The van der Waals surface area contributed by atoms with Crippen molar-refractivity contribution in [2.45, 2.75) is 50.0 Å². The number of para-hydroxylation sites is 1. The number of nitrogens with one attached hydrogen (secondary N) is 1. The first-order chi connectivity index (χ1) is 13.4. The van der Waals surface area contributed by atoms with Crippen molar-refractivity contribution < 1.29 is 18.0 Å². The first-order valence-corrected chi connectivity index (χ1v) is 10.9. The van der Waals surface area contributed by atoms with E-state index < -0.39 is 21.8 Å². The molecule has 1 N–H and O–H groups in total. The molecule has 4 rings (SSSR count). The molecule has 1 aliphatic heterocycles. The van der Waals surface area contributed by atoms with Crippen LogP contribution in [-0.4, -0.2) is 30.6 Å². The molecule has 0 unspecified atom stereocenters. The number of sulfonamides is 1. The maximum absolute atomic E-state index is 13.1. The molecule has 6 nitrogen and oxygen atoms in total. The quantitative estimate of drug-likeness (QED) is 0.854. The molecule has 146 valence electrons. The van der Waals surface area contributed by atoms with E-state index in [0.29, 0.717) is 18.5 Å². The summed E-state index contributed by atoms with van der Waals surface area (Å²) in [4.78, 5) is 25.3. The van der Waals surface area contributed by atoms with Gasteiger partial charge in [0.15, 0.2) is 0 Å². The highest BCUT2D eigenvalue weighted by molar-refractivity contribution is 7.90. The Kier molecular flexibility index (Phi) is 4.71. The molecule has 0 saturated heterocycles. The van der Waals surface area contributed by atoms with E-state index in [1.807, 2.05) is 25.1 Å². The molecule has 2 aliphatic rings. The van der Waals surface area contributed by atoms with Crippen LogP contribution >= 0.6 is 0 Å². The first kappa shape index (κ1) is 18.7. The lowest BCUT2D eigenvalue weighted by Gasteiger charge is -2.29. The number of hydrogen-bond acceptors (Lipinski definition) is 4. The summed E-state index contributed by atoms with van der Waals surface area (Å²) in [6, 6.07) is 11.3. The number of hydrogen-bond donors (Lipinski definition) is 1. The maximum Gasteiger partial charge on any atom is 0.269 e. The number of carbonyl (C=O) groups is 2. The van der Waals surface area contributed by atoms with Crippen LogP contribution in [0.4, 0.5) is 5.69 Å². The van der Waals surface area contributed by atoms with Crippen molar-refractivity contribution >= 4 is 27.5 Å². The number of nitrogens with zero attached hydrogens (tertiary/aromatic N) is 1. The number of rotatable bonds is 3. The molecule has 28 heavy (non-hydrogen) atoms. The summed E-state index contributed by atoms with van der Waals surface area (Å²) in [6.07, 6.45) is 4.29. The number of benzene rings is 2. The van der Waals surface area contributed by atoms with Crippen molar-refractivity contribution in [3.63, 3.8) is 0 Å². The zero-order chi connectivity index (χ0) is 19.9. The van der Waals surface area contributed by atoms with Crippen LogP contribution in [0.25, 0.3) is 0 Å². The molecule has 0 radical (unpaired) electrons. The Morgan fingerprint density at radius 2 is 1.79 bits per heavy atom. The number of anilines is 1. The SMILES string of the molecule is Cc1ccccc1NC(=O)c1ccc2c(c1)S(=O)(=O)N(C1CCCCC1)C2=O. The van der Waals surface area contributed by atoms with Gasteiger partial charge in [0.1, 0.15) is 4.90 Å². The largest absolute Gasteiger partial charge is 0.322 e. The van der Waals surface area contributed by atoms with E-state index in [1.54, 1.807) is 6.07 Å². The van der Waals surface area contributed by atoms with Gasteiger partial charge in [-0.1, -0.05) is 37.5 Å². The van der Waals surface area contributed by atoms with Gasteiger partial charge < -0.3 is 5.32 Å². The van der Waals surface area contributed by atoms with Gasteiger partial charge in [-0.15, -0.1) is 0 Å². The van der Waals surface area contributed by atoms with Crippen LogP contribution in [0, 0.1) is 6.92 Å². The Morgan fingerprint density at radius 3 is 2.50 bits per heavy atom. The number of aryl methyl sites for hydroxylation is 1. The van der Waals surface area contributed by atoms with Gasteiger partial charge >= 0.3 is 0 Å². The molecule has 0 spiro atoms. The highest BCUT2D eigenvalue weighted by Gasteiger charge is 2.45. The lowest BCUT2D eigenvalue weighted by Crippen LogP contribution is -2.40. The van der Waals surface area contributed by atoms with E-state index in [0.717, 1.165) is 29.1 Å². The standard InChI is InChI=1S/C21H22N2O4S/c1-14-7-5-6-10-18(14)22-20(24)15-11-12-17-19(13-15)28(26,27)23(21(17)25)16-8-3-2-4-9-16/h5-7,10-13,16H,2-4,8-9H2,1H3,(H,22,24). The van der Waals surface area contributed by atoms with Gasteiger partial charge in [-0.2, -0.15) is 0 Å². The summed E-state index contributed by atoms with van der Waals surface area (Å²) in [5, 5.41) is 2.80. The Morgan fingerprint density at radius 1 is 1.07 bits per heavy atom. The Balaban J connectivity index is 1.65. The number of fused-ring (bicyclic) bond motifs is 1. The molecule has 2 aromatic carbocycles. The molecule has 0 bridgehead atoms. The van der Waals surface area contributed by atoms with Gasteiger partial charge in [0.05, 0.1) is 5.56 Å². The van der Waals surface area contributed by atoms with Crippen molar-refractivity contribution in [3.05, 3.63) is 59.2 Å². The van der Waals surface area contributed by atoms with E-state index in [4.69, 9.17) is 0 Å². The summed E-state index contributed by atoms with van der Waals surface area (Å²) in [7, 11) is -3.93. The second-order valence-electron chi connectivity index (χ2n) is 7.38. The third-order valence-electron chi connectivity index (χ3n) is 5.51. The van der Waals surface area contributed by atoms with Gasteiger partial charge in [0.25, 0.3) is 21.8 Å². The predicted molar refractivity (Wildman–Crippen MR) is 106 cm³/mol. The zero-order valence-corrected chi connectivity index (χ0v) is 16.5. The molecule has 1 saturated carbocycles. The van der Waals surface area contributed by atoms with Crippen LogP contribution < -0.4 is 5.32 Å². The lowest BCUT2D eigenvalue weighted by atomic mass is 9.95. The summed E-state index contributed by atoms with van der Waals surface area (Å²) in [5.41, 5.74) is 1.93. The Labute approximate surface area is 164 Å². The monoisotopic (exact) mass is 398 g/mol. The molecule has 1 fully saturated rings. The van der Waals surface area contributed by atoms with Crippen LogP contribution in [0.15, 0.2) is 47.4 Å². The number of amides is 2. The molecule has 2 amide bonds. The summed E-state index contributed by atoms with van der Waals surface area (Å²) in [5.74, 6) is -0.886. The fourth-order valence-electron chi connectivity index (χ4n) is 3.97. The van der Waals surface area contributed by atoms with Gasteiger partial charge in [-0.25, -0.2) is 12.7 Å². The predicted octanol–water partition coefficient (Wildman–Crippen LogP) is 3.72. The molecular weight excluding hydrogens is 376 g/mol. The molecular formula is C21H22N2O4S. The van der Waals surface area contributed by atoms with Gasteiger partial charge in [0.2, 0.25) is 0 Å². The third-order valence-corrected chi connectivity index (χ3v) is 7.39. The summed E-state index contributed by atoms with van der Waals surface area (Å²) in [6.45, 7) is 1.88. The molecule has 0 atom stereocenters. The van der Waals surface area contributed by atoms with Crippen LogP contribution in [0.3, 0.4) is 0 Å². The molecule has 0 aromatic heterocycles. The highest BCUT2D eigenvalue weighted by Crippen LogP contribution is 2.36. The van der Waals surface area contributed by atoms with Crippen LogP contribution in [-0.2, 0) is 10.0 Å². The van der Waals surface area contributed by atoms with Gasteiger partial charge in [0, 0.05) is 17.3 Å². The number of carbonyl (C=O) groups excluding carboxylic acids is 2. The molecule has 1 heterocycles. The first-order valence-electron chi connectivity index (χ1n) is 9.49. The van der Waals surface area contributed by atoms with E-state index in [-0.39, 0.29) is 22.1 Å². The summed E-state index contributed by atoms with van der Waals surface area (Å²) < 4.78 is 27.2. The van der Waals surface area contributed by atoms with E-state index in [9.17, 15) is 18.0 Å². The van der Waals surface area contributed by atoms with Crippen molar-refractivity contribution in [1.82, 2.24) is 4.31 Å². The molecule has 1 aliphatic carbocycles. The average molecular weight is 398 g/mol. The smallest absolute Gasteiger partial charge is 0.269 e. The fourth-order valence-corrected chi connectivity index (χ4v) is 5.81. The summed E-state index contributed by atoms with van der Waals surface area (Å²) >= 11 is 0. The second-order valence-corrected chi connectivity index (χ2v) is 9.16. The minimum Gasteiger partial charge on any atom is -0.322 e. The highest BCUT2D eigenvalue weighted by atomic mass is 32.2. The van der Waals surface area contributed by atoms with Crippen molar-refractivity contribution in [1.29, 1.82) is 0 Å². The minimum atomic E-state index is -3.93.